The van der Waals surface area contributed by atoms with Crippen LogP contribution in [0.1, 0.15) is 26.0 Å². The summed E-state index contributed by atoms with van der Waals surface area (Å²) in [5, 5.41) is 2.39. The van der Waals surface area contributed by atoms with Crippen molar-refractivity contribution in [3.05, 3.63) is 11.1 Å². The Morgan fingerprint density at radius 1 is 1.69 bits per heavy atom. The van der Waals surface area contributed by atoms with Crippen molar-refractivity contribution in [1.29, 1.82) is 0 Å². The molecule has 88 valence electrons. The third-order valence-electron chi connectivity index (χ3n) is 3.01. The van der Waals surface area contributed by atoms with Crippen LogP contribution in [0, 0.1) is 5.92 Å². The molecule has 4 nitrogen and oxygen atoms in total. The first-order valence-electron chi connectivity index (χ1n) is 5.55. The van der Waals surface area contributed by atoms with Crippen LogP contribution < -0.4 is 5.73 Å². The molecule has 1 aliphatic rings. The predicted molar refractivity (Wildman–Crippen MR) is 65.2 cm³/mol. The average Bonchev–Trinajstić information content (AvgIpc) is 2.73. The Bertz CT molecular complexity index is 390. The second-order valence-electron chi connectivity index (χ2n) is 4.59. The number of likely N-dealkylation sites (tertiary alicyclic amines) is 1. The predicted octanol–water partition coefficient (Wildman–Crippen LogP) is 1.52. The lowest BCUT2D eigenvalue weighted by Gasteiger charge is -2.20. The van der Waals surface area contributed by atoms with Gasteiger partial charge in [-0.2, -0.15) is 0 Å². The van der Waals surface area contributed by atoms with Gasteiger partial charge in [0.2, 0.25) is 5.91 Å². The van der Waals surface area contributed by atoms with Crippen LogP contribution in [0.4, 0.5) is 5.13 Å². The number of carbonyl (C=O) groups excluding carboxylic acids is 1. The van der Waals surface area contributed by atoms with Crippen LogP contribution in [-0.2, 0) is 11.2 Å². The molecule has 1 amide bonds. The Hall–Kier alpha value is -1.10. The van der Waals surface area contributed by atoms with Gasteiger partial charge in [0, 0.05) is 18.0 Å². The van der Waals surface area contributed by atoms with Crippen LogP contribution in [-0.4, -0.2) is 28.4 Å². The van der Waals surface area contributed by atoms with Crippen molar-refractivity contribution in [2.75, 3.05) is 12.3 Å². The zero-order valence-electron chi connectivity index (χ0n) is 9.64. The topological polar surface area (TPSA) is 59.2 Å². The maximum atomic E-state index is 12.0. The Kier molecular flexibility index (Phi) is 3.14. The summed E-state index contributed by atoms with van der Waals surface area (Å²) in [6.07, 6.45) is 1.48. The van der Waals surface area contributed by atoms with Crippen LogP contribution >= 0.6 is 11.3 Å². The van der Waals surface area contributed by atoms with Gasteiger partial charge in [-0.25, -0.2) is 4.98 Å². The fourth-order valence-electron chi connectivity index (χ4n) is 2.31. The quantitative estimate of drug-likeness (QED) is 0.851. The Morgan fingerprint density at radius 3 is 2.94 bits per heavy atom. The van der Waals surface area contributed by atoms with E-state index in [9.17, 15) is 4.79 Å². The molecule has 0 bridgehead atoms. The van der Waals surface area contributed by atoms with E-state index in [0.717, 1.165) is 18.7 Å². The minimum Gasteiger partial charge on any atom is -0.375 e. The molecule has 2 atom stereocenters. The molecule has 0 aromatic carbocycles. The van der Waals surface area contributed by atoms with Gasteiger partial charge in [-0.1, -0.05) is 6.92 Å². The minimum absolute atomic E-state index is 0.169. The fraction of sp³-hybridized carbons (Fsp3) is 0.636. The van der Waals surface area contributed by atoms with Crippen molar-refractivity contribution in [2.24, 2.45) is 5.92 Å². The summed E-state index contributed by atoms with van der Waals surface area (Å²) >= 11 is 1.39. The third-order valence-corrected chi connectivity index (χ3v) is 3.73. The highest BCUT2D eigenvalue weighted by Crippen LogP contribution is 2.23. The van der Waals surface area contributed by atoms with Crippen molar-refractivity contribution in [1.82, 2.24) is 9.88 Å². The lowest BCUT2D eigenvalue weighted by molar-refractivity contribution is -0.131. The summed E-state index contributed by atoms with van der Waals surface area (Å²) in [7, 11) is 0. The van der Waals surface area contributed by atoms with Gasteiger partial charge in [-0.15, -0.1) is 11.3 Å². The van der Waals surface area contributed by atoms with E-state index in [-0.39, 0.29) is 5.91 Å². The van der Waals surface area contributed by atoms with Gasteiger partial charge in [-0.3, -0.25) is 4.79 Å². The number of hydrogen-bond acceptors (Lipinski definition) is 4. The highest BCUT2D eigenvalue weighted by atomic mass is 32.1. The molecule has 2 heterocycles. The lowest BCUT2D eigenvalue weighted by atomic mass is 10.1. The van der Waals surface area contributed by atoms with E-state index < -0.39 is 0 Å². The molecule has 1 fully saturated rings. The molecular formula is C11H17N3OS. The zero-order chi connectivity index (χ0) is 11.7. The molecule has 0 spiro atoms. The number of anilines is 1. The summed E-state index contributed by atoms with van der Waals surface area (Å²) in [5.74, 6) is 0.779. The van der Waals surface area contributed by atoms with Crippen molar-refractivity contribution < 1.29 is 4.79 Å². The van der Waals surface area contributed by atoms with Gasteiger partial charge in [0.05, 0.1) is 12.1 Å². The van der Waals surface area contributed by atoms with Crippen molar-refractivity contribution in [2.45, 2.75) is 32.7 Å². The number of thiazole rings is 1. The molecule has 0 aliphatic carbocycles. The second-order valence-corrected chi connectivity index (χ2v) is 5.48. The Balaban J connectivity index is 1.98. The highest BCUT2D eigenvalue weighted by molar-refractivity contribution is 7.13. The number of carbonyl (C=O) groups is 1. The second kappa shape index (κ2) is 4.41. The smallest absolute Gasteiger partial charge is 0.228 e. The van der Waals surface area contributed by atoms with Crippen molar-refractivity contribution in [3.8, 4) is 0 Å². The Labute approximate surface area is 99.5 Å². The van der Waals surface area contributed by atoms with E-state index in [0.29, 0.717) is 23.5 Å². The van der Waals surface area contributed by atoms with Crippen LogP contribution in [0.3, 0.4) is 0 Å². The summed E-state index contributed by atoms with van der Waals surface area (Å²) in [4.78, 5) is 18.1. The monoisotopic (exact) mass is 239 g/mol. The van der Waals surface area contributed by atoms with E-state index in [1.807, 2.05) is 10.3 Å². The number of aromatic nitrogens is 1. The number of nitrogens with two attached hydrogens (primary N) is 1. The van der Waals surface area contributed by atoms with E-state index in [2.05, 4.69) is 18.8 Å². The van der Waals surface area contributed by atoms with Gasteiger partial charge < -0.3 is 10.6 Å². The van der Waals surface area contributed by atoms with Crippen molar-refractivity contribution >= 4 is 22.4 Å². The molecule has 1 aliphatic heterocycles. The number of nitrogens with zero attached hydrogens (tertiary/aromatic N) is 2. The normalized spacial score (nSPS) is 25.0. The molecule has 1 aromatic rings. The summed E-state index contributed by atoms with van der Waals surface area (Å²) < 4.78 is 0. The number of nitrogen functional groups attached to an aromatic ring is 1. The molecule has 2 rings (SSSR count). The molecule has 2 N–H and O–H groups in total. The Morgan fingerprint density at radius 2 is 2.44 bits per heavy atom. The average molecular weight is 239 g/mol. The van der Waals surface area contributed by atoms with Gasteiger partial charge >= 0.3 is 0 Å². The largest absolute Gasteiger partial charge is 0.375 e. The molecule has 1 aromatic heterocycles. The van der Waals surface area contributed by atoms with E-state index in [1.165, 1.54) is 11.3 Å². The SMILES string of the molecule is CC1CC(C)N(C(=O)Cc2csc(N)n2)C1. The third kappa shape index (κ3) is 2.35. The summed E-state index contributed by atoms with van der Waals surface area (Å²) in [6, 6.07) is 0.360. The van der Waals surface area contributed by atoms with Crippen LogP contribution in [0.5, 0.6) is 0 Å². The first-order valence-corrected chi connectivity index (χ1v) is 6.43. The summed E-state index contributed by atoms with van der Waals surface area (Å²) in [6.45, 7) is 5.17. The van der Waals surface area contributed by atoms with Gasteiger partial charge in [-0.05, 0) is 19.3 Å². The first-order chi connectivity index (χ1) is 7.56. The fourth-order valence-corrected chi connectivity index (χ4v) is 2.87. The maximum Gasteiger partial charge on any atom is 0.228 e. The molecule has 2 unspecified atom stereocenters. The van der Waals surface area contributed by atoms with E-state index >= 15 is 0 Å². The van der Waals surface area contributed by atoms with Gasteiger partial charge in [0.15, 0.2) is 5.13 Å². The lowest BCUT2D eigenvalue weighted by Crippen LogP contribution is -2.35. The van der Waals surface area contributed by atoms with Crippen LogP contribution in [0.25, 0.3) is 0 Å². The molecule has 0 saturated carbocycles. The van der Waals surface area contributed by atoms with Crippen molar-refractivity contribution in [3.63, 3.8) is 0 Å². The maximum absolute atomic E-state index is 12.0. The van der Waals surface area contributed by atoms with Crippen LogP contribution in [0.15, 0.2) is 5.38 Å². The van der Waals surface area contributed by atoms with Crippen LogP contribution in [0.2, 0.25) is 0 Å². The minimum atomic E-state index is 0.169. The first kappa shape index (κ1) is 11.4. The summed E-state index contributed by atoms with van der Waals surface area (Å²) in [5.41, 5.74) is 6.33. The molecule has 0 radical (unpaired) electrons. The van der Waals surface area contributed by atoms with Gasteiger partial charge in [0.1, 0.15) is 0 Å². The highest BCUT2D eigenvalue weighted by Gasteiger charge is 2.29. The number of amides is 1. The molecular weight excluding hydrogens is 222 g/mol. The molecule has 16 heavy (non-hydrogen) atoms. The molecule has 1 saturated heterocycles. The van der Waals surface area contributed by atoms with E-state index in [4.69, 9.17) is 5.73 Å². The van der Waals surface area contributed by atoms with Gasteiger partial charge in [0.25, 0.3) is 0 Å². The van der Waals surface area contributed by atoms with E-state index in [1.54, 1.807) is 0 Å². The number of rotatable bonds is 2. The molecule has 5 heteroatoms. The zero-order valence-corrected chi connectivity index (χ0v) is 10.5. The standard InChI is InChI=1S/C11H17N3OS/c1-7-3-8(2)14(5-7)10(15)4-9-6-16-11(12)13-9/h6-8H,3-5H2,1-2H3,(H2,12,13). The number of hydrogen-bond donors (Lipinski definition) is 1.